The number of carbonyl (C=O) groups excluding carboxylic acids is 1. The quantitative estimate of drug-likeness (QED) is 0.759. The standard InChI is InChI=1S/C12H24N2O2/c1-9(2)12(8-16-4)13-11-5-6-14(7-11)10(3)15/h9,11-13H,5-8H2,1-4H3. The molecular formula is C12H24N2O2. The van der Waals surface area contributed by atoms with Crippen LogP contribution in [0.1, 0.15) is 27.2 Å². The number of amides is 1. The lowest BCUT2D eigenvalue weighted by Crippen LogP contribution is -2.45. The summed E-state index contributed by atoms with van der Waals surface area (Å²) in [7, 11) is 1.73. The molecule has 2 atom stereocenters. The number of nitrogens with one attached hydrogen (secondary N) is 1. The summed E-state index contributed by atoms with van der Waals surface area (Å²) in [6.45, 7) is 8.46. The monoisotopic (exact) mass is 228 g/mol. The highest BCUT2D eigenvalue weighted by Gasteiger charge is 2.26. The van der Waals surface area contributed by atoms with Crippen LogP contribution in [0.25, 0.3) is 0 Å². The molecule has 2 unspecified atom stereocenters. The highest BCUT2D eigenvalue weighted by molar-refractivity contribution is 5.73. The largest absolute Gasteiger partial charge is 0.383 e. The zero-order valence-electron chi connectivity index (χ0n) is 10.8. The van der Waals surface area contributed by atoms with Gasteiger partial charge in [-0.05, 0) is 12.3 Å². The molecule has 1 N–H and O–H groups in total. The molecule has 1 amide bonds. The minimum Gasteiger partial charge on any atom is -0.383 e. The van der Waals surface area contributed by atoms with Gasteiger partial charge in [-0.1, -0.05) is 13.8 Å². The van der Waals surface area contributed by atoms with Crippen LogP contribution < -0.4 is 5.32 Å². The first-order valence-electron chi connectivity index (χ1n) is 6.05. The van der Waals surface area contributed by atoms with Gasteiger partial charge in [0.25, 0.3) is 0 Å². The molecule has 4 heteroatoms. The normalized spacial score (nSPS) is 22.8. The third-order valence-corrected chi connectivity index (χ3v) is 3.23. The van der Waals surface area contributed by atoms with Crippen molar-refractivity contribution in [2.75, 3.05) is 26.8 Å². The molecule has 1 rings (SSSR count). The molecule has 4 nitrogen and oxygen atoms in total. The number of likely N-dealkylation sites (tertiary alicyclic amines) is 1. The summed E-state index contributed by atoms with van der Waals surface area (Å²) in [6.07, 6.45) is 1.05. The maximum atomic E-state index is 11.2. The van der Waals surface area contributed by atoms with Gasteiger partial charge in [0.15, 0.2) is 0 Å². The molecule has 1 aliphatic heterocycles. The van der Waals surface area contributed by atoms with Crippen LogP contribution in [0.4, 0.5) is 0 Å². The highest BCUT2D eigenvalue weighted by atomic mass is 16.5. The Kier molecular flexibility index (Phi) is 5.22. The summed E-state index contributed by atoms with van der Waals surface area (Å²) in [5, 5.41) is 3.58. The van der Waals surface area contributed by atoms with Gasteiger partial charge in [0.2, 0.25) is 5.91 Å². The van der Waals surface area contributed by atoms with E-state index in [9.17, 15) is 4.79 Å². The van der Waals surface area contributed by atoms with Gasteiger partial charge in [-0.25, -0.2) is 0 Å². The van der Waals surface area contributed by atoms with Crippen molar-refractivity contribution in [3.63, 3.8) is 0 Å². The third-order valence-electron chi connectivity index (χ3n) is 3.23. The number of carbonyl (C=O) groups is 1. The van der Waals surface area contributed by atoms with Crippen LogP contribution in [0.3, 0.4) is 0 Å². The first-order valence-corrected chi connectivity index (χ1v) is 6.05. The summed E-state index contributed by atoms with van der Waals surface area (Å²) in [4.78, 5) is 13.1. The van der Waals surface area contributed by atoms with Crippen LogP contribution in [0, 0.1) is 5.92 Å². The fourth-order valence-electron chi connectivity index (χ4n) is 2.10. The first-order chi connectivity index (χ1) is 7.54. The zero-order chi connectivity index (χ0) is 12.1. The summed E-state index contributed by atoms with van der Waals surface area (Å²) in [5.41, 5.74) is 0. The second kappa shape index (κ2) is 6.21. The second-order valence-corrected chi connectivity index (χ2v) is 4.92. The van der Waals surface area contributed by atoms with Crippen molar-refractivity contribution in [1.29, 1.82) is 0 Å². The van der Waals surface area contributed by atoms with Crippen LogP contribution in [-0.2, 0) is 9.53 Å². The van der Waals surface area contributed by atoms with Crippen molar-refractivity contribution < 1.29 is 9.53 Å². The first kappa shape index (κ1) is 13.5. The van der Waals surface area contributed by atoms with Gasteiger partial charge < -0.3 is 15.0 Å². The van der Waals surface area contributed by atoms with Crippen LogP contribution >= 0.6 is 0 Å². The molecule has 0 aromatic carbocycles. The summed E-state index contributed by atoms with van der Waals surface area (Å²) < 4.78 is 5.21. The van der Waals surface area contributed by atoms with Gasteiger partial charge in [-0.15, -0.1) is 0 Å². The Morgan fingerprint density at radius 2 is 2.25 bits per heavy atom. The lowest BCUT2D eigenvalue weighted by molar-refractivity contribution is -0.127. The molecule has 0 aromatic rings. The average Bonchev–Trinajstić information content (AvgIpc) is 2.65. The highest BCUT2D eigenvalue weighted by Crippen LogP contribution is 2.12. The molecule has 0 radical (unpaired) electrons. The molecule has 1 fully saturated rings. The van der Waals surface area contributed by atoms with Crippen molar-refractivity contribution >= 4 is 5.91 Å². The SMILES string of the molecule is COCC(NC1CCN(C(C)=O)C1)C(C)C. The second-order valence-electron chi connectivity index (χ2n) is 4.92. The lowest BCUT2D eigenvalue weighted by atomic mass is 10.0. The van der Waals surface area contributed by atoms with E-state index in [0.29, 0.717) is 18.0 Å². The Labute approximate surface area is 98.3 Å². The molecular weight excluding hydrogens is 204 g/mol. The lowest BCUT2D eigenvalue weighted by Gasteiger charge is -2.25. The van der Waals surface area contributed by atoms with E-state index in [0.717, 1.165) is 26.1 Å². The zero-order valence-corrected chi connectivity index (χ0v) is 10.8. The molecule has 0 saturated carbocycles. The van der Waals surface area contributed by atoms with Gasteiger partial charge in [0, 0.05) is 39.2 Å². The molecule has 0 aromatic heterocycles. The van der Waals surface area contributed by atoms with E-state index in [2.05, 4.69) is 19.2 Å². The summed E-state index contributed by atoms with van der Waals surface area (Å²) >= 11 is 0. The predicted octanol–water partition coefficient (Wildman–Crippen LogP) is 0.868. The number of hydrogen-bond donors (Lipinski definition) is 1. The van der Waals surface area contributed by atoms with Crippen molar-refractivity contribution in [3.8, 4) is 0 Å². The van der Waals surface area contributed by atoms with E-state index in [1.54, 1.807) is 14.0 Å². The van der Waals surface area contributed by atoms with Gasteiger partial charge in [0.05, 0.1) is 6.61 Å². The third kappa shape index (κ3) is 3.76. The maximum Gasteiger partial charge on any atom is 0.219 e. The van der Waals surface area contributed by atoms with E-state index < -0.39 is 0 Å². The summed E-state index contributed by atoms with van der Waals surface area (Å²) in [5.74, 6) is 0.725. The van der Waals surface area contributed by atoms with Crippen molar-refractivity contribution in [2.45, 2.75) is 39.3 Å². The number of methoxy groups -OCH3 is 1. The van der Waals surface area contributed by atoms with Crippen molar-refractivity contribution in [2.24, 2.45) is 5.92 Å². The van der Waals surface area contributed by atoms with Crippen molar-refractivity contribution in [1.82, 2.24) is 10.2 Å². The minimum absolute atomic E-state index is 0.178. The molecule has 0 spiro atoms. The Bertz CT molecular complexity index is 231. The Hall–Kier alpha value is -0.610. The van der Waals surface area contributed by atoms with E-state index in [4.69, 9.17) is 4.74 Å². The van der Waals surface area contributed by atoms with Gasteiger partial charge >= 0.3 is 0 Å². The van der Waals surface area contributed by atoms with Gasteiger partial charge in [-0.2, -0.15) is 0 Å². The molecule has 1 aliphatic rings. The molecule has 16 heavy (non-hydrogen) atoms. The predicted molar refractivity (Wildman–Crippen MR) is 64.3 cm³/mol. The smallest absolute Gasteiger partial charge is 0.219 e. The van der Waals surface area contributed by atoms with Gasteiger partial charge in [-0.3, -0.25) is 4.79 Å². The number of hydrogen-bond acceptors (Lipinski definition) is 3. The molecule has 0 aliphatic carbocycles. The van der Waals surface area contributed by atoms with E-state index in [1.807, 2.05) is 4.90 Å². The van der Waals surface area contributed by atoms with E-state index in [-0.39, 0.29) is 5.91 Å². The number of nitrogens with zero attached hydrogens (tertiary/aromatic N) is 1. The Balaban J connectivity index is 2.39. The van der Waals surface area contributed by atoms with Crippen LogP contribution in [-0.4, -0.2) is 49.7 Å². The molecule has 1 saturated heterocycles. The molecule has 1 heterocycles. The van der Waals surface area contributed by atoms with Crippen LogP contribution in [0.5, 0.6) is 0 Å². The fourth-order valence-corrected chi connectivity index (χ4v) is 2.10. The Morgan fingerprint density at radius 1 is 1.56 bits per heavy atom. The number of rotatable bonds is 5. The Morgan fingerprint density at radius 3 is 2.69 bits per heavy atom. The summed E-state index contributed by atoms with van der Waals surface area (Å²) in [6, 6.07) is 0.799. The maximum absolute atomic E-state index is 11.2. The minimum atomic E-state index is 0.178. The van der Waals surface area contributed by atoms with E-state index >= 15 is 0 Å². The molecule has 94 valence electrons. The topological polar surface area (TPSA) is 41.6 Å². The van der Waals surface area contributed by atoms with E-state index in [1.165, 1.54) is 0 Å². The van der Waals surface area contributed by atoms with Crippen LogP contribution in [0.2, 0.25) is 0 Å². The van der Waals surface area contributed by atoms with Gasteiger partial charge in [0.1, 0.15) is 0 Å². The molecule has 0 bridgehead atoms. The fraction of sp³-hybridized carbons (Fsp3) is 0.917. The van der Waals surface area contributed by atoms with Crippen molar-refractivity contribution in [3.05, 3.63) is 0 Å². The van der Waals surface area contributed by atoms with Crippen LogP contribution in [0.15, 0.2) is 0 Å². The average molecular weight is 228 g/mol. The number of ether oxygens (including phenoxy) is 1.